The molecule has 3 atom stereocenters. The van der Waals surface area contributed by atoms with Gasteiger partial charge in [0.15, 0.2) is 0 Å². The Morgan fingerprint density at radius 2 is 1.95 bits per heavy atom. The molecule has 3 heteroatoms. The van der Waals surface area contributed by atoms with Gasteiger partial charge in [-0.15, -0.1) is 0 Å². The van der Waals surface area contributed by atoms with Gasteiger partial charge >= 0.3 is 0 Å². The van der Waals surface area contributed by atoms with E-state index in [1.54, 1.807) is 0 Å². The molecule has 0 aromatic heterocycles. The molecular formula is C16H30N2O. The van der Waals surface area contributed by atoms with E-state index in [1.165, 1.54) is 6.42 Å². The van der Waals surface area contributed by atoms with Crippen molar-refractivity contribution in [1.82, 2.24) is 4.90 Å². The summed E-state index contributed by atoms with van der Waals surface area (Å²) in [5.41, 5.74) is 6.76. The molecule has 2 fully saturated rings. The van der Waals surface area contributed by atoms with Gasteiger partial charge in [-0.25, -0.2) is 0 Å². The molecule has 2 unspecified atom stereocenters. The number of carbonyl (C=O) groups is 1. The van der Waals surface area contributed by atoms with Crippen molar-refractivity contribution in [2.75, 3.05) is 6.54 Å². The lowest BCUT2D eigenvalue weighted by Gasteiger charge is -2.39. The van der Waals surface area contributed by atoms with E-state index in [0.29, 0.717) is 22.8 Å². The zero-order chi connectivity index (χ0) is 14.4. The number of nitrogens with zero attached hydrogens (tertiary/aromatic N) is 1. The summed E-state index contributed by atoms with van der Waals surface area (Å²) in [5, 5.41) is 0. The maximum Gasteiger partial charge on any atom is 0.239 e. The van der Waals surface area contributed by atoms with Crippen LogP contribution in [0.3, 0.4) is 0 Å². The molecule has 3 nitrogen and oxygen atoms in total. The molecule has 1 amide bonds. The Hall–Kier alpha value is -0.570. The van der Waals surface area contributed by atoms with Crippen molar-refractivity contribution in [3.8, 4) is 0 Å². The minimum Gasteiger partial charge on any atom is -0.338 e. The predicted octanol–water partition coefficient (Wildman–Crippen LogP) is 2.79. The highest BCUT2D eigenvalue weighted by Crippen LogP contribution is 2.52. The summed E-state index contributed by atoms with van der Waals surface area (Å²) in [7, 11) is 0. The largest absolute Gasteiger partial charge is 0.338 e. The van der Waals surface area contributed by atoms with E-state index in [0.717, 1.165) is 25.8 Å². The molecule has 1 heterocycles. The Bertz CT molecular complexity index is 364. The Balaban J connectivity index is 2.09. The lowest BCUT2D eigenvalue weighted by atomic mass is 9.65. The lowest BCUT2D eigenvalue weighted by Crippen LogP contribution is -2.47. The summed E-state index contributed by atoms with van der Waals surface area (Å²) in [6.07, 6.45) is 4.31. The fraction of sp³-hybridized carbons (Fsp3) is 0.938. The van der Waals surface area contributed by atoms with E-state index in [4.69, 9.17) is 5.73 Å². The second-order valence-corrected chi connectivity index (χ2v) is 8.42. The average Bonchev–Trinajstić information content (AvgIpc) is 2.45. The summed E-state index contributed by atoms with van der Waals surface area (Å²) in [6.45, 7) is 12.2. The second-order valence-electron chi connectivity index (χ2n) is 8.42. The van der Waals surface area contributed by atoms with Gasteiger partial charge in [0, 0.05) is 12.6 Å². The highest BCUT2D eigenvalue weighted by Gasteiger charge is 2.51. The summed E-state index contributed by atoms with van der Waals surface area (Å²) in [4.78, 5) is 14.7. The SMILES string of the molecule is CC(C)C[C@H](N)C(=O)N1CC2(C)CC1CC(C)(C)C2. The van der Waals surface area contributed by atoms with Crippen LogP contribution in [0.2, 0.25) is 0 Å². The third-order valence-corrected chi connectivity index (χ3v) is 4.74. The first-order valence-electron chi connectivity index (χ1n) is 7.68. The number of fused-ring (bicyclic) bond motifs is 2. The van der Waals surface area contributed by atoms with Crippen LogP contribution < -0.4 is 5.73 Å². The summed E-state index contributed by atoms with van der Waals surface area (Å²) in [5.74, 6) is 0.660. The van der Waals surface area contributed by atoms with Gasteiger partial charge in [-0.05, 0) is 42.4 Å². The van der Waals surface area contributed by atoms with Crippen LogP contribution in [0.5, 0.6) is 0 Å². The Morgan fingerprint density at radius 1 is 1.32 bits per heavy atom. The Labute approximate surface area is 117 Å². The van der Waals surface area contributed by atoms with Crippen LogP contribution in [0, 0.1) is 16.7 Å². The highest BCUT2D eigenvalue weighted by molar-refractivity contribution is 5.82. The topological polar surface area (TPSA) is 46.3 Å². The van der Waals surface area contributed by atoms with Gasteiger partial charge in [-0.2, -0.15) is 0 Å². The fourth-order valence-corrected chi connectivity index (χ4v) is 4.54. The standard InChI is InChI=1S/C16H30N2O/c1-11(2)6-13(17)14(19)18-10-16(5)8-12(18)7-15(3,4)9-16/h11-13H,6-10,17H2,1-5H3/t12?,13-,16?/m0/s1. The van der Waals surface area contributed by atoms with Crippen molar-refractivity contribution in [1.29, 1.82) is 0 Å². The summed E-state index contributed by atoms with van der Waals surface area (Å²) < 4.78 is 0. The number of rotatable bonds is 3. The van der Waals surface area contributed by atoms with Crippen LogP contribution in [0.25, 0.3) is 0 Å². The third kappa shape index (κ3) is 3.13. The smallest absolute Gasteiger partial charge is 0.239 e. The molecule has 110 valence electrons. The molecule has 2 aliphatic rings. The second kappa shape index (κ2) is 4.76. The quantitative estimate of drug-likeness (QED) is 0.854. The maximum atomic E-state index is 12.6. The zero-order valence-electron chi connectivity index (χ0n) is 13.2. The number of likely N-dealkylation sites (tertiary alicyclic amines) is 1. The van der Waals surface area contributed by atoms with Crippen molar-refractivity contribution in [3.63, 3.8) is 0 Å². The van der Waals surface area contributed by atoms with E-state index in [1.807, 2.05) is 0 Å². The van der Waals surface area contributed by atoms with Crippen LogP contribution >= 0.6 is 0 Å². The Kier molecular flexibility index (Phi) is 3.72. The van der Waals surface area contributed by atoms with Gasteiger partial charge in [0.1, 0.15) is 0 Å². The van der Waals surface area contributed by atoms with E-state index >= 15 is 0 Å². The predicted molar refractivity (Wildman–Crippen MR) is 78.7 cm³/mol. The van der Waals surface area contributed by atoms with Gasteiger partial charge in [-0.1, -0.05) is 34.6 Å². The Morgan fingerprint density at radius 3 is 2.53 bits per heavy atom. The molecule has 19 heavy (non-hydrogen) atoms. The number of nitrogens with two attached hydrogens (primary N) is 1. The van der Waals surface area contributed by atoms with E-state index in [2.05, 4.69) is 39.5 Å². The van der Waals surface area contributed by atoms with Gasteiger partial charge in [0.2, 0.25) is 5.91 Å². The van der Waals surface area contributed by atoms with E-state index in [9.17, 15) is 4.79 Å². The van der Waals surface area contributed by atoms with Crippen LogP contribution in [0.4, 0.5) is 0 Å². The summed E-state index contributed by atoms with van der Waals surface area (Å²) >= 11 is 0. The number of carbonyl (C=O) groups excluding carboxylic acids is 1. The molecule has 2 rings (SSSR count). The van der Waals surface area contributed by atoms with Gasteiger partial charge in [-0.3, -0.25) is 4.79 Å². The first-order chi connectivity index (χ1) is 8.62. The number of hydrogen-bond donors (Lipinski definition) is 1. The molecule has 1 saturated heterocycles. The molecule has 0 spiro atoms. The first-order valence-corrected chi connectivity index (χ1v) is 7.68. The number of amides is 1. The van der Waals surface area contributed by atoms with E-state index in [-0.39, 0.29) is 11.9 Å². The van der Waals surface area contributed by atoms with Crippen LogP contribution in [-0.2, 0) is 4.79 Å². The first kappa shape index (κ1) is 14.8. The monoisotopic (exact) mass is 266 g/mol. The molecule has 1 aliphatic carbocycles. The molecular weight excluding hydrogens is 236 g/mol. The third-order valence-electron chi connectivity index (χ3n) is 4.74. The van der Waals surface area contributed by atoms with Crippen LogP contribution in [0.15, 0.2) is 0 Å². The molecule has 0 aromatic rings. The minimum atomic E-state index is -0.314. The maximum absolute atomic E-state index is 12.6. The lowest BCUT2D eigenvalue weighted by molar-refractivity contribution is -0.134. The minimum absolute atomic E-state index is 0.181. The molecule has 2 bridgehead atoms. The van der Waals surface area contributed by atoms with Gasteiger partial charge in [0.05, 0.1) is 6.04 Å². The molecule has 1 saturated carbocycles. The molecule has 1 aliphatic heterocycles. The van der Waals surface area contributed by atoms with Gasteiger partial charge in [0.25, 0.3) is 0 Å². The van der Waals surface area contributed by atoms with Crippen molar-refractivity contribution < 1.29 is 4.79 Å². The van der Waals surface area contributed by atoms with E-state index < -0.39 is 0 Å². The fourth-order valence-electron chi connectivity index (χ4n) is 4.54. The van der Waals surface area contributed by atoms with Crippen LogP contribution in [0.1, 0.15) is 60.3 Å². The van der Waals surface area contributed by atoms with Crippen molar-refractivity contribution in [2.45, 2.75) is 72.4 Å². The molecule has 2 N–H and O–H groups in total. The average molecular weight is 266 g/mol. The molecule has 0 radical (unpaired) electrons. The van der Waals surface area contributed by atoms with Gasteiger partial charge < -0.3 is 10.6 Å². The highest BCUT2D eigenvalue weighted by atomic mass is 16.2. The number of hydrogen-bond acceptors (Lipinski definition) is 2. The van der Waals surface area contributed by atoms with Crippen molar-refractivity contribution in [3.05, 3.63) is 0 Å². The van der Waals surface area contributed by atoms with Crippen molar-refractivity contribution in [2.24, 2.45) is 22.5 Å². The zero-order valence-corrected chi connectivity index (χ0v) is 13.2. The normalized spacial score (nSPS) is 34.7. The van der Waals surface area contributed by atoms with Crippen LogP contribution in [-0.4, -0.2) is 29.4 Å². The molecule has 0 aromatic carbocycles. The summed E-state index contributed by atoms with van der Waals surface area (Å²) in [6, 6.07) is 0.102. The van der Waals surface area contributed by atoms with Crippen molar-refractivity contribution >= 4 is 5.91 Å².